The summed E-state index contributed by atoms with van der Waals surface area (Å²) in [6, 6.07) is 9.34. The van der Waals surface area contributed by atoms with Crippen molar-refractivity contribution in [3.63, 3.8) is 0 Å². The molecule has 0 aliphatic carbocycles. The molecule has 8 nitrogen and oxygen atoms in total. The van der Waals surface area contributed by atoms with Crippen molar-refractivity contribution in [1.29, 1.82) is 5.26 Å². The maximum absolute atomic E-state index is 12.4. The highest BCUT2D eigenvalue weighted by Gasteiger charge is 2.37. The van der Waals surface area contributed by atoms with Gasteiger partial charge in [-0.25, -0.2) is 0 Å². The molecule has 0 saturated heterocycles. The minimum atomic E-state index is -0.437. The molecule has 0 N–H and O–H groups in total. The number of carbonyl (C=O) groups is 2. The summed E-state index contributed by atoms with van der Waals surface area (Å²) in [5.41, 5.74) is 3.83. The molecule has 2 aromatic carbocycles. The van der Waals surface area contributed by atoms with Crippen molar-refractivity contribution < 1.29 is 14.3 Å². The average molecular weight is 482 g/mol. The quantitative estimate of drug-likeness (QED) is 0.466. The summed E-state index contributed by atoms with van der Waals surface area (Å²) < 4.78 is 5.50. The lowest BCUT2D eigenvalue weighted by Crippen LogP contribution is -2.32. The molecule has 2 aromatic rings. The smallest absolute Gasteiger partial charge is 0.262 e. The Hall–Kier alpha value is -3.09. The number of nitrogens with zero attached hydrogens (tertiary/aromatic N) is 5. The van der Waals surface area contributed by atoms with Gasteiger partial charge in [-0.2, -0.15) is 10.4 Å². The fourth-order valence-corrected chi connectivity index (χ4v) is 4.58. The molecule has 4 rings (SSSR count). The largest absolute Gasteiger partial charge is 0.383 e. The molecule has 0 fully saturated rings. The van der Waals surface area contributed by atoms with Gasteiger partial charge in [-0.1, -0.05) is 0 Å². The van der Waals surface area contributed by atoms with Gasteiger partial charge in [0.1, 0.15) is 11.8 Å². The Morgan fingerprint density at radius 2 is 2.03 bits per heavy atom. The van der Waals surface area contributed by atoms with Crippen LogP contribution in [0.2, 0.25) is 0 Å². The molecular weight excluding hydrogens is 462 g/mol. The first kappa shape index (κ1) is 21.2. The van der Waals surface area contributed by atoms with Crippen LogP contribution in [0.3, 0.4) is 0 Å². The van der Waals surface area contributed by atoms with Crippen molar-refractivity contribution in [2.45, 2.75) is 12.8 Å². The Kier molecular flexibility index (Phi) is 5.85. The van der Waals surface area contributed by atoms with Gasteiger partial charge in [0.15, 0.2) is 0 Å². The average Bonchev–Trinajstić information content (AvgIpc) is 3.00. The van der Waals surface area contributed by atoms with Crippen LogP contribution in [0.1, 0.15) is 38.3 Å². The SMILES string of the molecule is COCCN1CCCc2cc(N=Nc3c(C#N)cc4c(c3Br)C(=O)N(C)C4=O)ccc21. The highest BCUT2D eigenvalue weighted by atomic mass is 79.9. The Bertz CT molecular complexity index is 1150. The van der Waals surface area contributed by atoms with Gasteiger partial charge in [0.2, 0.25) is 0 Å². The lowest BCUT2D eigenvalue weighted by atomic mass is 10.0. The minimum Gasteiger partial charge on any atom is -0.383 e. The molecule has 31 heavy (non-hydrogen) atoms. The summed E-state index contributed by atoms with van der Waals surface area (Å²) in [4.78, 5) is 28.0. The number of amides is 2. The van der Waals surface area contributed by atoms with E-state index in [9.17, 15) is 14.9 Å². The molecule has 0 bridgehead atoms. The summed E-state index contributed by atoms with van der Waals surface area (Å²) in [5.74, 6) is -0.869. The van der Waals surface area contributed by atoms with Crippen molar-refractivity contribution in [3.8, 4) is 6.07 Å². The third-order valence-electron chi connectivity index (χ3n) is 5.52. The van der Waals surface area contributed by atoms with Gasteiger partial charge in [-0.15, -0.1) is 5.11 Å². The highest BCUT2D eigenvalue weighted by Crippen LogP contribution is 2.40. The van der Waals surface area contributed by atoms with Gasteiger partial charge in [0.05, 0.1) is 33.5 Å². The Morgan fingerprint density at radius 3 is 2.77 bits per heavy atom. The Labute approximate surface area is 188 Å². The molecule has 2 amide bonds. The number of hydrogen-bond acceptors (Lipinski definition) is 7. The lowest BCUT2D eigenvalue weighted by molar-refractivity contribution is 0.0693. The highest BCUT2D eigenvalue weighted by molar-refractivity contribution is 9.10. The number of fused-ring (bicyclic) bond motifs is 2. The predicted molar refractivity (Wildman–Crippen MR) is 118 cm³/mol. The van der Waals surface area contributed by atoms with Crippen LogP contribution in [0, 0.1) is 11.3 Å². The number of rotatable bonds is 5. The number of aryl methyl sites for hydroxylation is 1. The second-order valence-corrected chi connectivity index (χ2v) is 8.18. The summed E-state index contributed by atoms with van der Waals surface area (Å²) in [5, 5.41) is 18.1. The van der Waals surface area contributed by atoms with E-state index in [0.717, 1.165) is 30.8 Å². The molecule has 0 aromatic heterocycles. The van der Waals surface area contributed by atoms with E-state index in [4.69, 9.17) is 4.74 Å². The van der Waals surface area contributed by atoms with Crippen LogP contribution in [0.5, 0.6) is 0 Å². The Balaban J connectivity index is 1.68. The van der Waals surface area contributed by atoms with E-state index < -0.39 is 11.8 Å². The van der Waals surface area contributed by atoms with E-state index in [0.29, 0.717) is 16.8 Å². The van der Waals surface area contributed by atoms with E-state index in [2.05, 4.69) is 31.1 Å². The zero-order valence-corrected chi connectivity index (χ0v) is 18.8. The molecule has 2 aliphatic heterocycles. The van der Waals surface area contributed by atoms with Gasteiger partial charge in [0.25, 0.3) is 11.8 Å². The minimum absolute atomic E-state index is 0.175. The van der Waals surface area contributed by atoms with Crippen molar-refractivity contribution in [3.05, 3.63) is 51.0 Å². The molecule has 0 atom stereocenters. The van der Waals surface area contributed by atoms with Crippen molar-refractivity contribution in [2.24, 2.45) is 10.2 Å². The van der Waals surface area contributed by atoms with Crippen LogP contribution < -0.4 is 4.90 Å². The number of carbonyl (C=O) groups excluding carboxylic acids is 2. The summed E-state index contributed by atoms with van der Waals surface area (Å²) in [6.45, 7) is 2.49. The number of imide groups is 1. The van der Waals surface area contributed by atoms with Gasteiger partial charge in [0, 0.05) is 32.9 Å². The van der Waals surface area contributed by atoms with Crippen LogP contribution in [0.4, 0.5) is 17.1 Å². The topological polar surface area (TPSA) is 98.4 Å². The molecule has 0 spiro atoms. The summed E-state index contributed by atoms with van der Waals surface area (Å²) in [6.07, 6.45) is 2.01. The monoisotopic (exact) mass is 481 g/mol. The summed E-state index contributed by atoms with van der Waals surface area (Å²) in [7, 11) is 3.11. The number of azo groups is 1. The number of methoxy groups -OCH3 is 1. The normalized spacial score (nSPS) is 15.4. The molecular formula is C22H20BrN5O3. The number of halogens is 1. The van der Waals surface area contributed by atoms with Crippen molar-refractivity contribution in [2.75, 3.05) is 38.8 Å². The number of ether oxygens (including phenoxy) is 1. The van der Waals surface area contributed by atoms with E-state index in [1.54, 1.807) is 7.11 Å². The maximum Gasteiger partial charge on any atom is 0.262 e. The van der Waals surface area contributed by atoms with E-state index >= 15 is 0 Å². The third-order valence-corrected chi connectivity index (χ3v) is 6.30. The van der Waals surface area contributed by atoms with Gasteiger partial charge in [-0.3, -0.25) is 14.5 Å². The number of nitriles is 1. The lowest BCUT2D eigenvalue weighted by Gasteiger charge is -2.31. The molecule has 9 heteroatoms. The number of anilines is 1. The van der Waals surface area contributed by atoms with Crippen LogP contribution >= 0.6 is 15.9 Å². The van der Waals surface area contributed by atoms with Gasteiger partial charge >= 0.3 is 0 Å². The first-order valence-electron chi connectivity index (χ1n) is 9.83. The summed E-state index contributed by atoms with van der Waals surface area (Å²) >= 11 is 3.36. The van der Waals surface area contributed by atoms with Gasteiger partial charge < -0.3 is 9.64 Å². The third kappa shape index (κ3) is 3.73. The molecule has 158 valence electrons. The van der Waals surface area contributed by atoms with Crippen molar-refractivity contribution >= 4 is 44.8 Å². The standard InChI is InChI=1S/C22H20BrN5O3/c1-27-21(29)16-11-14(12-24)20(19(23)18(16)22(27)30)26-25-15-5-6-17-13(10-15)4-3-7-28(17)8-9-31-2/h5-6,10-11H,3-4,7-9H2,1-2H3. The molecule has 0 radical (unpaired) electrons. The molecule has 2 heterocycles. The predicted octanol–water partition coefficient (Wildman–Crippen LogP) is 4.36. The second kappa shape index (κ2) is 8.57. The van der Waals surface area contributed by atoms with Crippen molar-refractivity contribution in [1.82, 2.24) is 4.90 Å². The van der Waals surface area contributed by atoms with Crippen LogP contribution in [0.25, 0.3) is 0 Å². The molecule has 0 saturated carbocycles. The fourth-order valence-electron chi connectivity index (χ4n) is 3.91. The zero-order chi connectivity index (χ0) is 22.1. The zero-order valence-electron chi connectivity index (χ0n) is 17.2. The number of hydrogen-bond donors (Lipinski definition) is 0. The van der Waals surface area contributed by atoms with E-state index in [1.165, 1.54) is 24.4 Å². The Morgan fingerprint density at radius 1 is 1.23 bits per heavy atom. The fraction of sp³-hybridized carbons (Fsp3) is 0.318. The maximum atomic E-state index is 12.4. The van der Waals surface area contributed by atoms with Crippen LogP contribution in [-0.4, -0.2) is 50.6 Å². The second-order valence-electron chi connectivity index (χ2n) is 7.39. The van der Waals surface area contributed by atoms with Crippen LogP contribution in [-0.2, 0) is 11.2 Å². The first-order valence-corrected chi connectivity index (χ1v) is 10.6. The van der Waals surface area contributed by atoms with Gasteiger partial charge in [-0.05, 0) is 58.6 Å². The van der Waals surface area contributed by atoms with Crippen LogP contribution in [0.15, 0.2) is 39.0 Å². The molecule has 2 aliphatic rings. The van der Waals surface area contributed by atoms with E-state index in [-0.39, 0.29) is 22.4 Å². The molecule has 0 unspecified atom stereocenters. The first-order chi connectivity index (χ1) is 15.0. The number of benzene rings is 2. The van der Waals surface area contributed by atoms with E-state index in [1.807, 2.05) is 24.3 Å².